The lowest BCUT2D eigenvalue weighted by atomic mass is 9.70. The lowest BCUT2D eigenvalue weighted by molar-refractivity contribution is -0.156. The van der Waals surface area contributed by atoms with Crippen molar-refractivity contribution in [3.05, 3.63) is 85.5 Å². The van der Waals surface area contributed by atoms with Crippen molar-refractivity contribution >= 4 is 44.7 Å². The molecule has 7 atom stereocenters. The highest BCUT2D eigenvalue weighted by atomic mass is 79.9. The van der Waals surface area contributed by atoms with E-state index in [4.69, 9.17) is 9.47 Å². The van der Waals surface area contributed by atoms with Crippen LogP contribution in [0.4, 0.5) is 0 Å². The van der Waals surface area contributed by atoms with Gasteiger partial charge in [0.2, 0.25) is 11.8 Å². The normalized spacial score (nSPS) is 27.7. The number of hydrogen-bond acceptors (Lipinski definition) is 8. The third-order valence-corrected chi connectivity index (χ3v) is 9.72. The van der Waals surface area contributed by atoms with E-state index in [2.05, 4.69) is 39.4 Å². The van der Waals surface area contributed by atoms with Gasteiger partial charge in [0.05, 0.1) is 42.7 Å². The number of benzene rings is 2. The number of aliphatic hydroxyl groups is 1. The first-order valence-electron chi connectivity index (χ1n) is 14.6. The molecule has 3 aromatic rings. The van der Waals surface area contributed by atoms with Crippen LogP contribution in [0.1, 0.15) is 24.4 Å². The van der Waals surface area contributed by atoms with Crippen LogP contribution in [-0.4, -0.2) is 90.0 Å². The Morgan fingerprint density at radius 3 is 2.66 bits per heavy atom. The highest BCUT2D eigenvalue weighted by Crippen LogP contribution is 2.61. The van der Waals surface area contributed by atoms with Crippen LogP contribution in [0.5, 0.6) is 0 Å². The molecule has 1 N–H and O–H groups in total. The Labute approximate surface area is 263 Å². The average Bonchev–Trinajstić information content (AvgIpc) is 3.75. The van der Waals surface area contributed by atoms with E-state index >= 15 is 0 Å². The van der Waals surface area contributed by atoms with Crippen LogP contribution in [0, 0.1) is 11.8 Å². The van der Waals surface area contributed by atoms with Crippen molar-refractivity contribution in [3.63, 3.8) is 0 Å². The van der Waals surface area contributed by atoms with Crippen molar-refractivity contribution in [2.75, 3.05) is 19.8 Å². The third-order valence-electron chi connectivity index (χ3n) is 8.88. The van der Waals surface area contributed by atoms with Gasteiger partial charge in [-0.3, -0.25) is 14.4 Å². The van der Waals surface area contributed by atoms with Crippen LogP contribution in [-0.2, 0) is 30.5 Å². The summed E-state index contributed by atoms with van der Waals surface area (Å²) in [5, 5.41) is 19.2. The van der Waals surface area contributed by atoms with Crippen LogP contribution < -0.4 is 0 Å². The van der Waals surface area contributed by atoms with Gasteiger partial charge in [0.15, 0.2) is 0 Å². The highest BCUT2D eigenvalue weighted by Gasteiger charge is 2.77. The number of likely N-dealkylation sites (tertiary alicyclic amines) is 1. The maximum absolute atomic E-state index is 14.8. The quantitative estimate of drug-likeness (QED) is 0.136. The largest absolute Gasteiger partial charge is 0.465 e. The van der Waals surface area contributed by atoms with Gasteiger partial charge in [0, 0.05) is 11.4 Å². The summed E-state index contributed by atoms with van der Waals surface area (Å²) in [6.45, 7) is 7.41. The smallest absolute Gasteiger partial charge is 0.312 e. The molecule has 0 saturated carbocycles. The summed E-state index contributed by atoms with van der Waals surface area (Å²) in [4.78, 5) is 45.6. The molecule has 1 aromatic heterocycles. The Balaban J connectivity index is 1.43. The molecular formula is C32H34BrN5O6. The SMILES string of the molecule is C=CCCOC(=O)[C@H]1[C@@H]2OC3(CC2Br)C(C(=O)N(CC=C)Cn2nnc4ccccc42)N([C@H](CO)c2ccccc2)C(=O)[C@H]13. The molecule has 6 rings (SSSR count). The number of ether oxygens (including phenoxy) is 2. The Kier molecular flexibility index (Phi) is 8.40. The van der Waals surface area contributed by atoms with Crippen molar-refractivity contribution in [2.45, 2.75) is 48.1 Å². The van der Waals surface area contributed by atoms with Gasteiger partial charge in [-0.15, -0.1) is 18.3 Å². The Morgan fingerprint density at radius 2 is 1.93 bits per heavy atom. The summed E-state index contributed by atoms with van der Waals surface area (Å²) < 4.78 is 13.8. The molecule has 230 valence electrons. The van der Waals surface area contributed by atoms with E-state index in [0.717, 1.165) is 5.52 Å². The number of alkyl halides is 1. The number of halogens is 1. The fraction of sp³-hybridized carbons (Fsp3) is 0.406. The van der Waals surface area contributed by atoms with Gasteiger partial charge in [-0.05, 0) is 30.5 Å². The minimum absolute atomic E-state index is 0.0357. The lowest BCUT2D eigenvalue weighted by Gasteiger charge is -2.39. The maximum Gasteiger partial charge on any atom is 0.312 e. The van der Waals surface area contributed by atoms with Gasteiger partial charge >= 0.3 is 5.97 Å². The molecule has 0 radical (unpaired) electrons. The standard InChI is InChI=1S/C32H34BrN5O6/c1-3-5-16-43-31(42)25-26-29(40)38(24(18-39)20-11-7-6-8-12-20)28(32(26)17-21(33)27(25)44-32)30(41)36(15-4-2)19-37-23-14-10-9-13-22(23)34-35-37/h3-4,6-14,21,24-28,39H,1-2,5,15-19H2/t21?,24-,25-,26+,27-,28?,32?/m1/s1. The van der Waals surface area contributed by atoms with Gasteiger partial charge < -0.3 is 24.4 Å². The second-order valence-corrected chi connectivity index (χ2v) is 12.5. The minimum atomic E-state index is -1.33. The van der Waals surface area contributed by atoms with Gasteiger partial charge in [0.1, 0.15) is 23.8 Å². The van der Waals surface area contributed by atoms with E-state index in [-0.39, 0.29) is 24.6 Å². The first kappa shape index (κ1) is 30.2. The van der Waals surface area contributed by atoms with Crippen LogP contribution in [0.15, 0.2) is 79.9 Å². The van der Waals surface area contributed by atoms with Gasteiger partial charge in [-0.1, -0.05) is 75.8 Å². The molecular weight excluding hydrogens is 630 g/mol. The monoisotopic (exact) mass is 663 g/mol. The zero-order valence-corrected chi connectivity index (χ0v) is 25.7. The van der Waals surface area contributed by atoms with Gasteiger partial charge in [-0.2, -0.15) is 0 Å². The summed E-state index contributed by atoms with van der Waals surface area (Å²) in [5.74, 6) is -3.28. The van der Waals surface area contributed by atoms with Crippen LogP contribution in [0.3, 0.4) is 0 Å². The molecule has 3 saturated heterocycles. The second kappa shape index (κ2) is 12.3. The molecule has 12 heteroatoms. The van der Waals surface area contributed by atoms with Gasteiger partial charge in [-0.25, -0.2) is 4.68 Å². The third kappa shape index (κ3) is 4.85. The van der Waals surface area contributed by atoms with Gasteiger partial charge in [0.25, 0.3) is 0 Å². The zero-order chi connectivity index (χ0) is 31.0. The number of para-hydroxylation sites is 1. The molecule has 1 spiro atoms. The summed E-state index contributed by atoms with van der Waals surface area (Å²) in [6.07, 6.45) is 3.38. The minimum Gasteiger partial charge on any atom is -0.465 e. The van der Waals surface area contributed by atoms with Crippen molar-refractivity contribution in [1.82, 2.24) is 24.8 Å². The predicted octanol–water partition coefficient (Wildman–Crippen LogP) is 3.00. The van der Waals surface area contributed by atoms with Crippen molar-refractivity contribution in [1.29, 1.82) is 0 Å². The van der Waals surface area contributed by atoms with E-state index in [1.54, 1.807) is 33.9 Å². The topological polar surface area (TPSA) is 127 Å². The van der Waals surface area contributed by atoms with E-state index in [1.165, 1.54) is 4.90 Å². The average molecular weight is 665 g/mol. The molecule has 2 bridgehead atoms. The van der Waals surface area contributed by atoms with Crippen molar-refractivity contribution in [2.24, 2.45) is 11.8 Å². The molecule has 3 aliphatic heterocycles. The van der Waals surface area contributed by atoms with E-state index in [1.807, 2.05) is 42.5 Å². The van der Waals surface area contributed by atoms with Crippen LogP contribution in [0.2, 0.25) is 0 Å². The molecule has 3 fully saturated rings. The summed E-state index contributed by atoms with van der Waals surface area (Å²) in [5.41, 5.74) is 0.742. The van der Waals surface area contributed by atoms with Crippen molar-refractivity contribution in [3.8, 4) is 0 Å². The number of hydrogen-bond donors (Lipinski definition) is 1. The highest BCUT2D eigenvalue weighted by molar-refractivity contribution is 9.09. The number of esters is 1. The number of aromatic nitrogens is 3. The number of carbonyl (C=O) groups excluding carboxylic acids is 3. The van der Waals surface area contributed by atoms with E-state index < -0.39 is 60.0 Å². The van der Waals surface area contributed by atoms with E-state index in [9.17, 15) is 19.5 Å². The molecule has 3 unspecified atom stereocenters. The van der Waals surface area contributed by atoms with Crippen LogP contribution >= 0.6 is 15.9 Å². The first-order valence-corrected chi connectivity index (χ1v) is 15.5. The number of nitrogens with zero attached hydrogens (tertiary/aromatic N) is 5. The maximum atomic E-state index is 14.8. The predicted molar refractivity (Wildman–Crippen MR) is 164 cm³/mol. The van der Waals surface area contributed by atoms with E-state index in [0.29, 0.717) is 23.9 Å². The molecule has 4 heterocycles. The number of fused-ring (bicyclic) bond motifs is 2. The summed E-state index contributed by atoms with van der Waals surface area (Å²) >= 11 is 3.68. The van der Waals surface area contributed by atoms with Crippen LogP contribution in [0.25, 0.3) is 11.0 Å². The second-order valence-electron chi connectivity index (χ2n) is 11.3. The Bertz CT molecular complexity index is 1580. The fourth-order valence-electron chi connectivity index (χ4n) is 7.05. The number of rotatable bonds is 12. The molecule has 2 aromatic carbocycles. The first-order chi connectivity index (χ1) is 21.4. The molecule has 3 aliphatic rings. The zero-order valence-electron chi connectivity index (χ0n) is 24.1. The fourth-order valence-corrected chi connectivity index (χ4v) is 7.99. The molecule has 11 nitrogen and oxygen atoms in total. The number of carbonyl (C=O) groups is 3. The molecule has 44 heavy (non-hydrogen) atoms. The number of aliphatic hydroxyl groups excluding tert-OH is 1. The Morgan fingerprint density at radius 1 is 1.18 bits per heavy atom. The lowest BCUT2D eigenvalue weighted by Crippen LogP contribution is -2.57. The van der Waals surface area contributed by atoms with Crippen molar-refractivity contribution < 1.29 is 29.0 Å². The molecule has 2 amide bonds. The molecule has 0 aliphatic carbocycles. The Hall–Kier alpha value is -3.87. The summed E-state index contributed by atoms with van der Waals surface area (Å²) in [7, 11) is 0. The number of amides is 2. The summed E-state index contributed by atoms with van der Waals surface area (Å²) in [6, 6.07) is 14.5.